The van der Waals surface area contributed by atoms with Crippen LogP contribution in [0, 0.1) is 0 Å². The van der Waals surface area contributed by atoms with Gasteiger partial charge in [-0.3, -0.25) is 9.80 Å². The highest BCUT2D eigenvalue weighted by molar-refractivity contribution is 5.69. The first kappa shape index (κ1) is 11.2. The minimum Gasteiger partial charge on any atom is -0.480 e. The Hall–Kier alpha value is -1.75. The van der Waals surface area contributed by atoms with Crippen LogP contribution in [0.4, 0.5) is 0 Å². The second-order valence-electron chi connectivity index (χ2n) is 2.27. The molecule has 0 aliphatic carbocycles. The number of rotatable bonds is 5. The van der Waals surface area contributed by atoms with Gasteiger partial charge >= 0.3 is 5.97 Å². The Kier molecular flexibility index (Phi) is 4.32. The molecule has 0 amide bonds. The zero-order valence-corrected chi connectivity index (χ0v) is 7.23. The summed E-state index contributed by atoms with van der Waals surface area (Å²) in [6.07, 6.45) is 2.75. The lowest BCUT2D eigenvalue weighted by molar-refractivity contribution is -0.137. The number of aliphatic carboxylic acids is 1. The number of nitrogens with zero attached hydrogens (tertiary/aromatic N) is 1. The second kappa shape index (κ2) is 5.00. The van der Waals surface area contributed by atoms with Crippen molar-refractivity contribution in [3.05, 3.63) is 36.7 Å². The third kappa shape index (κ3) is 3.44. The van der Waals surface area contributed by atoms with Crippen molar-refractivity contribution in [1.29, 1.82) is 0 Å². The topological polar surface area (TPSA) is 92.6 Å². The molecule has 5 nitrogen and oxygen atoms in total. The molecule has 0 fully saturated rings. The summed E-state index contributed by atoms with van der Waals surface area (Å²) in [7, 11) is 0. The van der Waals surface area contributed by atoms with E-state index < -0.39 is 5.97 Å². The lowest BCUT2D eigenvalue weighted by atomic mass is 10.3. The van der Waals surface area contributed by atoms with Gasteiger partial charge in [0.05, 0.1) is 11.4 Å². The largest absolute Gasteiger partial charge is 0.480 e. The minimum atomic E-state index is -1.04. The molecule has 0 aromatic rings. The highest BCUT2D eigenvalue weighted by Crippen LogP contribution is 2.04. The first-order chi connectivity index (χ1) is 6.02. The van der Waals surface area contributed by atoms with Gasteiger partial charge in [0, 0.05) is 0 Å². The van der Waals surface area contributed by atoms with Crippen molar-refractivity contribution in [3.63, 3.8) is 0 Å². The Labute approximate surface area is 76.6 Å². The number of carboxylic acid groups (broad SMARTS) is 1. The van der Waals surface area contributed by atoms with E-state index in [0.29, 0.717) is 11.4 Å². The van der Waals surface area contributed by atoms with Crippen LogP contribution in [-0.2, 0) is 4.79 Å². The predicted octanol–water partition coefficient (Wildman–Crippen LogP) is -0.211. The first-order valence-corrected chi connectivity index (χ1v) is 3.51. The van der Waals surface area contributed by atoms with E-state index in [0.717, 1.165) is 5.01 Å². The molecule has 0 aliphatic heterocycles. The van der Waals surface area contributed by atoms with Crippen LogP contribution in [0.25, 0.3) is 0 Å². The van der Waals surface area contributed by atoms with Crippen LogP contribution in [0.15, 0.2) is 36.7 Å². The highest BCUT2D eigenvalue weighted by atomic mass is 16.4. The van der Waals surface area contributed by atoms with Crippen LogP contribution in [0.5, 0.6) is 0 Å². The van der Waals surface area contributed by atoms with Crippen molar-refractivity contribution < 1.29 is 9.90 Å². The summed E-state index contributed by atoms with van der Waals surface area (Å²) in [6.45, 7) is 6.55. The number of nitrogens with two attached hydrogens (primary N) is 2. The van der Waals surface area contributed by atoms with E-state index in [1.165, 1.54) is 12.2 Å². The SMILES string of the molecule is C=C/C(N)=C(\C=C)N(N)CC(=O)O. The Bertz CT molecular complexity index is 258. The van der Waals surface area contributed by atoms with Crippen molar-refractivity contribution in [2.24, 2.45) is 11.6 Å². The molecule has 72 valence electrons. The van der Waals surface area contributed by atoms with Gasteiger partial charge in [-0.15, -0.1) is 0 Å². The molecule has 0 aromatic heterocycles. The van der Waals surface area contributed by atoms with Crippen LogP contribution in [0.2, 0.25) is 0 Å². The van der Waals surface area contributed by atoms with Gasteiger partial charge in [-0.25, -0.2) is 5.84 Å². The summed E-state index contributed by atoms with van der Waals surface area (Å²) in [4.78, 5) is 10.3. The zero-order valence-electron chi connectivity index (χ0n) is 7.23. The molecule has 0 bridgehead atoms. The summed E-state index contributed by atoms with van der Waals surface area (Å²) in [6, 6.07) is 0. The summed E-state index contributed by atoms with van der Waals surface area (Å²) in [5.41, 5.74) is 6.12. The maximum absolute atomic E-state index is 10.3. The van der Waals surface area contributed by atoms with E-state index in [1.807, 2.05) is 0 Å². The van der Waals surface area contributed by atoms with E-state index in [4.69, 9.17) is 16.7 Å². The van der Waals surface area contributed by atoms with E-state index in [9.17, 15) is 4.79 Å². The molecule has 5 N–H and O–H groups in total. The molecule has 0 spiro atoms. The van der Waals surface area contributed by atoms with Crippen LogP contribution >= 0.6 is 0 Å². The Morgan fingerprint density at radius 1 is 1.46 bits per heavy atom. The molecule has 5 heteroatoms. The number of allylic oxidation sites excluding steroid dienone is 2. The molecular formula is C8H13N3O2. The van der Waals surface area contributed by atoms with Crippen molar-refractivity contribution >= 4 is 5.97 Å². The molecule has 0 radical (unpaired) electrons. The van der Waals surface area contributed by atoms with Crippen molar-refractivity contribution in [2.45, 2.75) is 0 Å². The minimum absolute atomic E-state index is 0.291. The third-order valence-corrected chi connectivity index (χ3v) is 1.32. The van der Waals surface area contributed by atoms with Gasteiger partial charge in [0.2, 0.25) is 0 Å². The molecule has 0 unspecified atom stereocenters. The van der Waals surface area contributed by atoms with Gasteiger partial charge < -0.3 is 10.8 Å². The van der Waals surface area contributed by atoms with Crippen molar-refractivity contribution in [1.82, 2.24) is 5.01 Å². The standard InChI is InChI=1S/C8H13N3O2/c1-3-6(9)7(4-2)11(10)5-8(12)13/h3-4H,1-2,5,9-10H2,(H,12,13)/b7-6-. The molecule has 0 aliphatic rings. The predicted molar refractivity (Wildman–Crippen MR) is 50.1 cm³/mol. The summed E-state index contributed by atoms with van der Waals surface area (Å²) >= 11 is 0. The number of hydrogen-bond donors (Lipinski definition) is 3. The molecule has 0 atom stereocenters. The van der Waals surface area contributed by atoms with Gasteiger partial charge in [-0.05, 0) is 12.2 Å². The number of carbonyl (C=O) groups is 1. The van der Waals surface area contributed by atoms with Crippen LogP contribution < -0.4 is 11.6 Å². The van der Waals surface area contributed by atoms with E-state index >= 15 is 0 Å². The van der Waals surface area contributed by atoms with Crippen LogP contribution in [-0.4, -0.2) is 22.6 Å². The lowest BCUT2D eigenvalue weighted by Crippen LogP contribution is -2.36. The molecule has 0 aromatic carbocycles. The normalized spacial score (nSPS) is 11.5. The zero-order chi connectivity index (χ0) is 10.4. The third-order valence-electron chi connectivity index (χ3n) is 1.32. The summed E-state index contributed by atoms with van der Waals surface area (Å²) in [5, 5.41) is 9.43. The fourth-order valence-corrected chi connectivity index (χ4v) is 0.736. The highest BCUT2D eigenvalue weighted by Gasteiger charge is 2.08. The number of hydrazine groups is 1. The Balaban J connectivity index is 4.68. The van der Waals surface area contributed by atoms with E-state index in [1.54, 1.807) is 0 Å². The van der Waals surface area contributed by atoms with Gasteiger partial charge in [-0.2, -0.15) is 0 Å². The second-order valence-corrected chi connectivity index (χ2v) is 2.27. The smallest absolute Gasteiger partial charge is 0.324 e. The number of hydrogen-bond acceptors (Lipinski definition) is 4. The van der Waals surface area contributed by atoms with Gasteiger partial charge in [-0.1, -0.05) is 13.2 Å². The van der Waals surface area contributed by atoms with Gasteiger partial charge in [0.1, 0.15) is 6.54 Å². The van der Waals surface area contributed by atoms with E-state index in [-0.39, 0.29) is 6.54 Å². The Morgan fingerprint density at radius 2 is 2.00 bits per heavy atom. The van der Waals surface area contributed by atoms with Gasteiger partial charge in [0.15, 0.2) is 0 Å². The first-order valence-electron chi connectivity index (χ1n) is 3.51. The molecule has 0 heterocycles. The average Bonchev–Trinajstić information content (AvgIpc) is 2.03. The molecule has 13 heavy (non-hydrogen) atoms. The number of carboxylic acids is 1. The fraction of sp³-hybridized carbons (Fsp3) is 0.125. The maximum atomic E-state index is 10.3. The molecule has 0 rings (SSSR count). The quantitative estimate of drug-likeness (QED) is 0.311. The van der Waals surface area contributed by atoms with E-state index in [2.05, 4.69) is 13.2 Å². The molecule has 0 saturated carbocycles. The Morgan fingerprint density at radius 3 is 2.31 bits per heavy atom. The van der Waals surface area contributed by atoms with Crippen molar-refractivity contribution in [2.75, 3.05) is 6.54 Å². The molecular weight excluding hydrogens is 170 g/mol. The van der Waals surface area contributed by atoms with Crippen molar-refractivity contribution in [3.8, 4) is 0 Å². The monoisotopic (exact) mass is 183 g/mol. The average molecular weight is 183 g/mol. The summed E-state index contributed by atoms with van der Waals surface area (Å²) in [5.74, 6) is 4.36. The van der Waals surface area contributed by atoms with Crippen LogP contribution in [0.1, 0.15) is 0 Å². The van der Waals surface area contributed by atoms with Crippen LogP contribution in [0.3, 0.4) is 0 Å². The molecule has 0 saturated heterocycles. The summed E-state index contributed by atoms with van der Waals surface area (Å²) < 4.78 is 0. The van der Waals surface area contributed by atoms with Gasteiger partial charge in [0.25, 0.3) is 0 Å². The fourth-order valence-electron chi connectivity index (χ4n) is 0.736. The maximum Gasteiger partial charge on any atom is 0.324 e. The lowest BCUT2D eigenvalue weighted by Gasteiger charge is -2.18.